The maximum Gasteiger partial charge on any atom is 0.416 e. The second-order valence-electron chi connectivity index (χ2n) is 8.55. The maximum absolute atomic E-state index is 14.4. The summed E-state index contributed by atoms with van der Waals surface area (Å²) < 4.78 is 56.2. The fourth-order valence-electron chi connectivity index (χ4n) is 4.41. The summed E-state index contributed by atoms with van der Waals surface area (Å²) in [7, 11) is 0. The van der Waals surface area contributed by atoms with Gasteiger partial charge in [0.1, 0.15) is 6.17 Å². The summed E-state index contributed by atoms with van der Waals surface area (Å²) in [5.74, 6) is -0.542. The molecule has 2 saturated heterocycles. The van der Waals surface area contributed by atoms with Crippen molar-refractivity contribution in [2.45, 2.75) is 31.4 Å². The van der Waals surface area contributed by atoms with Gasteiger partial charge in [-0.2, -0.15) is 18.3 Å². The van der Waals surface area contributed by atoms with Gasteiger partial charge >= 0.3 is 6.18 Å². The van der Waals surface area contributed by atoms with Gasteiger partial charge in [-0.25, -0.2) is 4.39 Å². The Kier molecular flexibility index (Phi) is 6.56. The molecule has 1 N–H and O–H groups in total. The molecule has 1 aromatic heterocycles. The van der Waals surface area contributed by atoms with Crippen molar-refractivity contribution < 1.29 is 27.2 Å². The van der Waals surface area contributed by atoms with E-state index in [0.717, 1.165) is 22.7 Å². The number of nitrogens with one attached hydrogen (secondary N) is 1. The van der Waals surface area contributed by atoms with Crippen LogP contribution in [0.5, 0.6) is 0 Å². The first kappa shape index (κ1) is 24.8. The van der Waals surface area contributed by atoms with E-state index < -0.39 is 35.1 Å². The number of benzene rings is 2. The van der Waals surface area contributed by atoms with E-state index in [1.165, 1.54) is 23.0 Å². The number of imide groups is 1. The fourth-order valence-corrected chi connectivity index (χ4v) is 5.47. The zero-order chi connectivity index (χ0) is 25.6. The third kappa shape index (κ3) is 4.74. The Morgan fingerprint density at radius 1 is 1.19 bits per heavy atom. The number of rotatable bonds is 4. The first-order chi connectivity index (χ1) is 17.1. The molecular weight excluding hydrogens is 520 g/mol. The molecule has 12 heteroatoms. The van der Waals surface area contributed by atoms with Gasteiger partial charge in [0.05, 0.1) is 34.8 Å². The number of carbonyl (C=O) groups is 2. The number of amides is 2. The average molecular weight is 539 g/mol. The number of hydrogen-bond acceptors (Lipinski definition) is 5. The van der Waals surface area contributed by atoms with Crippen molar-refractivity contribution in [1.29, 1.82) is 0 Å². The van der Waals surface area contributed by atoms with Gasteiger partial charge < -0.3 is 5.32 Å². The molecule has 0 aliphatic carbocycles. The summed E-state index contributed by atoms with van der Waals surface area (Å²) in [6.07, 6.45) is -2.54. The van der Waals surface area contributed by atoms with Crippen molar-refractivity contribution in [2.24, 2.45) is 0 Å². The molecule has 36 heavy (non-hydrogen) atoms. The number of thioether (sulfide) groups is 1. The first-order valence-electron chi connectivity index (χ1n) is 11.0. The molecule has 2 unspecified atom stereocenters. The summed E-state index contributed by atoms with van der Waals surface area (Å²) in [4.78, 5) is 26.5. The third-order valence-corrected chi connectivity index (χ3v) is 7.30. The summed E-state index contributed by atoms with van der Waals surface area (Å²) in [5, 5.41) is 7.36. The number of fused-ring (bicyclic) bond motifs is 1. The summed E-state index contributed by atoms with van der Waals surface area (Å²) in [6, 6.07) is 7.87. The molecule has 2 atom stereocenters. The number of halogens is 5. The molecule has 5 rings (SSSR count). The van der Waals surface area contributed by atoms with Crippen molar-refractivity contribution in [3.63, 3.8) is 0 Å². The predicted molar refractivity (Wildman–Crippen MR) is 129 cm³/mol. The van der Waals surface area contributed by atoms with Crippen molar-refractivity contribution >= 4 is 51.5 Å². The van der Waals surface area contributed by atoms with Gasteiger partial charge in [0, 0.05) is 17.0 Å². The standard InChI is InChI=1S/C24H19ClF4N4O2S/c25-16-3-2-14(17(9-16)24(27,28)29)12-32-19-4-1-13(7-15(19)10-31-32)8-21-22(34)33(23(35)36-21)20-11-30-6-5-18(20)26/h1-4,7-10,18,20,30H,5-6,11-12H2. The molecule has 0 bridgehead atoms. The van der Waals surface area contributed by atoms with E-state index >= 15 is 0 Å². The highest BCUT2D eigenvalue weighted by atomic mass is 35.5. The molecule has 6 nitrogen and oxygen atoms in total. The van der Waals surface area contributed by atoms with Crippen LogP contribution in [0.3, 0.4) is 0 Å². The number of nitrogens with zero attached hydrogens (tertiary/aromatic N) is 3. The molecule has 2 aliphatic heterocycles. The molecule has 2 aliphatic rings. The van der Waals surface area contributed by atoms with Crippen molar-refractivity contribution in [1.82, 2.24) is 20.0 Å². The molecule has 3 aromatic rings. The van der Waals surface area contributed by atoms with E-state index in [0.29, 0.717) is 23.0 Å². The van der Waals surface area contributed by atoms with Crippen LogP contribution in [0.4, 0.5) is 22.4 Å². The van der Waals surface area contributed by atoms with Crippen LogP contribution in [0.2, 0.25) is 5.02 Å². The van der Waals surface area contributed by atoms with E-state index in [-0.39, 0.29) is 35.0 Å². The van der Waals surface area contributed by atoms with Crippen LogP contribution < -0.4 is 5.32 Å². The van der Waals surface area contributed by atoms with E-state index in [9.17, 15) is 27.2 Å². The van der Waals surface area contributed by atoms with E-state index in [1.54, 1.807) is 24.3 Å². The summed E-state index contributed by atoms with van der Waals surface area (Å²) >= 11 is 6.52. The lowest BCUT2D eigenvalue weighted by atomic mass is 10.0. The minimum absolute atomic E-state index is 0.00719. The van der Waals surface area contributed by atoms with Crippen LogP contribution in [0, 0.1) is 0 Å². The summed E-state index contributed by atoms with van der Waals surface area (Å²) in [6.45, 7) is 0.585. The Hall–Kier alpha value is -2.89. The molecule has 0 saturated carbocycles. The second kappa shape index (κ2) is 9.53. The normalized spacial score (nSPS) is 22.2. The van der Waals surface area contributed by atoms with E-state index in [1.807, 2.05) is 0 Å². The highest BCUT2D eigenvalue weighted by molar-refractivity contribution is 8.18. The van der Waals surface area contributed by atoms with Gasteiger partial charge in [0.25, 0.3) is 11.1 Å². The van der Waals surface area contributed by atoms with E-state index in [2.05, 4.69) is 10.4 Å². The SMILES string of the molecule is O=C1SC(=Cc2ccc3c(cnn3Cc3ccc(Cl)cc3C(F)(F)F)c2)C(=O)N1C1CNCCC1F. The number of piperidine rings is 1. The Balaban J connectivity index is 1.40. The van der Waals surface area contributed by atoms with Gasteiger partial charge in [-0.1, -0.05) is 23.7 Å². The largest absolute Gasteiger partial charge is 0.416 e. The Morgan fingerprint density at radius 3 is 2.75 bits per heavy atom. The maximum atomic E-state index is 14.4. The van der Waals surface area contributed by atoms with Crippen molar-refractivity contribution in [2.75, 3.05) is 13.1 Å². The van der Waals surface area contributed by atoms with Gasteiger partial charge in [0.15, 0.2) is 0 Å². The number of hydrogen-bond donors (Lipinski definition) is 1. The minimum atomic E-state index is -4.56. The highest BCUT2D eigenvalue weighted by Crippen LogP contribution is 2.36. The van der Waals surface area contributed by atoms with Crippen LogP contribution >= 0.6 is 23.4 Å². The molecule has 2 aromatic carbocycles. The second-order valence-corrected chi connectivity index (χ2v) is 9.98. The Morgan fingerprint density at radius 2 is 2.00 bits per heavy atom. The van der Waals surface area contributed by atoms with Gasteiger partial charge in [-0.3, -0.25) is 19.2 Å². The molecule has 0 spiro atoms. The number of carbonyl (C=O) groups excluding carboxylic acids is 2. The molecule has 2 amide bonds. The molecule has 2 fully saturated rings. The fraction of sp³-hybridized carbons (Fsp3) is 0.292. The van der Waals surface area contributed by atoms with E-state index in [4.69, 9.17) is 11.6 Å². The minimum Gasteiger partial charge on any atom is -0.314 e. The zero-order valence-electron chi connectivity index (χ0n) is 18.6. The zero-order valence-corrected chi connectivity index (χ0v) is 20.1. The molecule has 3 heterocycles. The first-order valence-corrected chi connectivity index (χ1v) is 12.2. The smallest absolute Gasteiger partial charge is 0.314 e. The number of aromatic nitrogens is 2. The monoisotopic (exact) mass is 538 g/mol. The van der Waals surface area contributed by atoms with Crippen LogP contribution in [-0.4, -0.2) is 51.1 Å². The third-order valence-electron chi connectivity index (χ3n) is 6.18. The van der Waals surface area contributed by atoms with Crippen LogP contribution in [0.15, 0.2) is 47.5 Å². The van der Waals surface area contributed by atoms with Crippen LogP contribution in [0.25, 0.3) is 17.0 Å². The number of alkyl halides is 4. The Bertz CT molecular complexity index is 1390. The Labute approximate surface area is 212 Å². The average Bonchev–Trinajstić information content (AvgIpc) is 3.34. The predicted octanol–water partition coefficient (Wildman–Crippen LogP) is 5.49. The van der Waals surface area contributed by atoms with Gasteiger partial charge in [-0.15, -0.1) is 0 Å². The van der Waals surface area contributed by atoms with Crippen molar-refractivity contribution in [3.8, 4) is 0 Å². The lowest BCUT2D eigenvalue weighted by Gasteiger charge is -2.32. The lowest BCUT2D eigenvalue weighted by molar-refractivity contribution is -0.138. The molecular formula is C24H19ClF4N4O2S. The quantitative estimate of drug-likeness (QED) is 0.351. The topological polar surface area (TPSA) is 67.2 Å². The van der Waals surface area contributed by atoms with Gasteiger partial charge in [0.2, 0.25) is 0 Å². The molecule has 188 valence electrons. The van der Waals surface area contributed by atoms with Crippen LogP contribution in [0.1, 0.15) is 23.1 Å². The molecule has 0 radical (unpaired) electrons. The van der Waals surface area contributed by atoms with Crippen LogP contribution in [-0.2, 0) is 17.5 Å². The van der Waals surface area contributed by atoms with Gasteiger partial charge in [-0.05, 0) is 66.2 Å². The highest BCUT2D eigenvalue weighted by Gasteiger charge is 2.43. The summed E-state index contributed by atoms with van der Waals surface area (Å²) in [5.41, 5.74) is 0.401. The lowest BCUT2D eigenvalue weighted by Crippen LogP contribution is -2.53. The van der Waals surface area contributed by atoms with Crippen molar-refractivity contribution in [3.05, 3.63) is 69.2 Å².